The van der Waals surface area contributed by atoms with Gasteiger partial charge in [0.2, 0.25) is 0 Å². The maximum Gasteiger partial charge on any atom is 0.413 e. The van der Waals surface area contributed by atoms with E-state index >= 15 is 0 Å². The molecule has 2 aromatic heterocycles. The number of amides is 1. The van der Waals surface area contributed by atoms with Crippen LogP contribution in [-0.4, -0.2) is 26.6 Å². The van der Waals surface area contributed by atoms with Gasteiger partial charge in [0.1, 0.15) is 11.4 Å². The Balaban J connectivity index is 2.13. The largest absolute Gasteiger partial charge is 0.444 e. The fourth-order valence-electron chi connectivity index (χ4n) is 1.47. The molecular formula is C14H16N4O2. The summed E-state index contributed by atoms with van der Waals surface area (Å²) < 4.78 is 5.16. The van der Waals surface area contributed by atoms with Crippen molar-refractivity contribution in [3.05, 3.63) is 36.8 Å². The first-order valence-electron chi connectivity index (χ1n) is 6.17. The van der Waals surface area contributed by atoms with Crippen LogP contribution in [0.25, 0.3) is 11.4 Å². The standard InChI is InChI=1S/C14H16N4O2/c1-14(2,3)20-13(19)18-11-6-8-16-12(17-11)10-5-4-7-15-9-10/h4-9H,1-3H3,(H,16,17,18,19). The molecule has 0 unspecified atom stereocenters. The van der Waals surface area contributed by atoms with Crippen LogP contribution in [0.3, 0.4) is 0 Å². The lowest BCUT2D eigenvalue weighted by Gasteiger charge is -2.19. The number of carbonyl (C=O) groups is 1. The van der Waals surface area contributed by atoms with E-state index in [2.05, 4.69) is 20.3 Å². The second-order valence-electron chi connectivity index (χ2n) is 5.13. The number of anilines is 1. The monoisotopic (exact) mass is 272 g/mol. The molecule has 1 N–H and O–H groups in total. The molecule has 0 bridgehead atoms. The zero-order valence-corrected chi connectivity index (χ0v) is 11.6. The minimum atomic E-state index is -0.552. The summed E-state index contributed by atoms with van der Waals surface area (Å²) in [7, 11) is 0. The van der Waals surface area contributed by atoms with E-state index in [1.165, 1.54) is 0 Å². The van der Waals surface area contributed by atoms with E-state index in [1.54, 1.807) is 51.5 Å². The van der Waals surface area contributed by atoms with Crippen molar-refractivity contribution in [2.24, 2.45) is 0 Å². The maximum atomic E-state index is 11.7. The van der Waals surface area contributed by atoms with Crippen LogP contribution in [0.1, 0.15) is 20.8 Å². The lowest BCUT2D eigenvalue weighted by Crippen LogP contribution is -2.27. The summed E-state index contributed by atoms with van der Waals surface area (Å²) in [6.45, 7) is 5.40. The van der Waals surface area contributed by atoms with Gasteiger partial charge in [0, 0.05) is 24.2 Å². The van der Waals surface area contributed by atoms with E-state index in [9.17, 15) is 4.79 Å². The van der Waals surface area contributed by atoms with Gasteiger partial charge in [-0.15, -0.1) is 0 Å². The van der Waals surface area contributed by atoms with Crippen molar-refractivity contribution >= 4 is 11.9 Å². The second-order valence-corrected chi connectivity index (χ2v) is 5.13. The highest BCUT2D eigenvalue weighted by Crippen LogP contribution is 2.15. The molecule has 1 amide bonds. The molecule has 0 aliphatic heterocycles. The normalized spacial score (nSPS) is 10.9. The Bertz CT molecular complexity index is 594. The Morgan fingerprint density at radius 3 is 2.70 bits per heavy atom. The number of aromatic nitrogens is 3. The van der Waals surface area contributed by atoms with Gasteiger partial charge in [-0.1, -0.05) is 0 Å². The maximum absolute atomic E-state index is 11.7. The third-order valence-electron chi connectivity index (χ3n) is 2.20. The van der Waals surface area contributed by atoms with Gasteiger partial charge in [-0.25, -0.2) is 14.8 Å². The Morgan fingerprint density at radius 1 is 1.25 bits per heavy atom. The van der Waals surface area contributed by atoms with Crippen LogP contribution < -0.4 is 5.32 Å². The lowest BCUT2D eigenvalue weighted by atomic mass is 10.2. The third-order valence-corrected chi connectivity index (χ3v) is 2.20. The van der Waals surface area contributed by atoms with Gasteiger partial charge in [0.25, 0.3) is 0 Å². The zero-order chi connectivity index (χ0) is 14.6. The average molecular weight is 272 g/mol. The van der Waals surface area contributed by atoms with Crippen LogP contribution >= 0.6 is 0 Å². The first kappa shape index (κ1) is 13.9. The number of rotatable bonds is 2. The predicted molar refractivity (Wildman–Crippen MR) is 75.1 cm³/mol. The Labute approximate surface area is 117 Å². The van der Waals surface area contributed by atoms with Gasteiger partial charge in [0.05, 0.1) is 0 Å². The SMILES string of the molecule is CC(C)(C)OC(=O)Nc1ccnc(-c2cccnc2)n1. The van der Waals surface area contributed by atoms with Gasteiger partial charge in [0.15, 0.2) is 5.82 Å². The fourth-order valence-corrected chi connectivity index (χ4v) is 1.47. The minimum Gasteiger partial charge on any atom is -0.444 e. The van der Waals surface area contributed by atoms with Gasteiger partial charge in [-0.3, -0.25) is 10.3 Å². The molecule has 0 aliphatic carbocycles. The van der Waals surface area contributed by atoms with Crippen molar-refractivity contribution in [2.45, 2.75) is 26.4 Å². The number of pyridine rings is 1. The number of hydrogen-bond donors (Lipinski definition) is 1. The lowest BCUT2D eigenvalue weighted by molar-refractivity contribution is 0.0635. The second kappa shape index (κ2) is 5.64. The summed E-state index contributed by atoms with van der Waals surface area (Å²) in [6, 6.07) is 5.25. The summed E-state index contributed by atoms with van der Waals surface area (Å²) in [4.78, 5) is 24.1. The smallest absolute Gasteiger partial charge is 0.413 e. The highest BCUT2D eigenvalue weighted by Gasteiger charge is 2.16. The quantitative estimate of drug-likeness (QED) is 0.909. The van der Waals surface area contributed by atoms with Crippen LogP contribution in [0.2, 0.25) is 0 Å². The topological polar surface area (TPSA) is 77.0 Å². The van der Waals surface area contributed by atoms with Gasteiger partial charge >= 0.3 is 6.09 Å². The molecule has 0 radical (unpaired) electrons. The van der Waals surface area contributed by atoms with Crippen LogP contribution in [-0.2, 0) is 4.74 Å². The molecule has 104 valence electrons. The van der Waals surface area contributed by atoms with Gasteiger partial charge in [-0.05, 0) is 39.0 Å². The van der Waals surface area contributed by atoms with Crippen molar-refractivity contribution in [1.82, 2.24) is 15.0 Å². The van der Waals surface area contributed by atoms with E-state index in [0.29, 0.717) is 11.6 Å². The molecule has 0 saturated heterocycles. The van der Waals surface area contributed by atoms with Crippen molar-refractivity contribution < 1.29 is 9.53 Å². The number of hydrogen-bond acceptors (Lipinski definition) is 5. The first-order valence-corrected chi connectivity index (χ1v) is 6.17. The number of carbonyl (C=O) groups excluding carboxylic acids is 1. The van der Waals surface area contributed by atoms with Crippen molar-refractivity contribution in [3.8, 4) is 11.4 Å². The molecule has 2 heterocycles. The van der Waals surface area contributed by atoms with Gasteiger partial charge < -0.3 is 4.74 Å². The highest BCUT2D eigenvalue weighted by molar-refractivity contribution is 5.83. The Hall–Kier alpha value is -2.50. The average Bonchev–Trinajstić information content (AvgIpc) is 2.38. The number of nitrogens with one attached hydrogen (secondary N) is 1. The molecule has 2 rings (SSSR count). The van der Waals surface area contributed by atoms with Crippen molar-refractivity contribution in [2.75, 3.05) is 5.32 Å². The van der Waals surface area contributed by atoms with Crippen molar-refractivity contribution in [1.29, 1.82) is 0 Å². The summed E-state index contributed by atoms with van der Waals surface area (Å²) in [5, 5.41) is 2.58. The molecule has 0 aliphatic rings. The van der Waals surface area contributed by atoms with Crippen LogP contribution in [0.5, 0.6) is 0 Å². The van der Waals surface area contributed by atoms with E-state index in [4.69, 9.17) is 4.74 Å². The predicted octanol–water partition coefficient (Wildman–Crippen LogP) is 2.89. The molecule has 6 heteroatoms. The number of nitrogens with zero attached hydrogens (tertiary/aromatic N) is 3. The molecule has 0 fully saturated rings. The van der Waals surface area contributed by atoms with Crippen LogP contribution in [0.15, 0.2) is 36.8 Å². The Kier molecular flexibility index (Phi) is 3.93. The summed E-state index contributed by atoms with van der Waals surface area (Å²) >= 11 is 0. The minimum absolute atomic E-state index is 0.383. The van der Waals surface area contributed by atoms with E-state index in [0.717, 1.165) is 5.56 Å². The summed E-state index contributed by atoms with van der Waals surface area (Å²) in [6.07, 6.45) is 4.36. The van der Waals surface area contributed by atoms with Crippen LogP contribution in [0, 0.1) is 0 Å². The molecule has 0 saturated carbocycles. The molecule has 2 aromatic rings. The van der Waals surface area contributed by atoms with Gasteiger partial charge in [-0.2, -0.15) is 0 Å². The molecular weight excluding hydrogens is 256 g/mol. The Morgan fingerprint density at radius 2 is 2.05 bits per heavy atom. The third kappa shape index (κ3) is 4.01. The molecule has 0 spiro atoms. The first-order chi connectivity index (χ1) is 9.44. The van der Waals surface area contributed by atoms with Crippen LogP contribution in [0.4, 0.5) is 10.6 Å². The highest BCUT2D eigenvalue weighted by atomic mass is 16.6. The van der Waals surface area contributed by atoms with E-state index < -0.39 is 11.7 Å². The molecule has 0 aromatic carbocycles. The van der Waals surface area contributed by atoms with E-state index in [1.807, 2.05) is 6.07 Å². The fraction of sp³-hybridized carbons (Fsp3) is 0.286. The zero-order valence-electron chi connectivity index (χ0n) is 11.6. The molecule has 6 nitrogen and oxygen atoms in total. The molecule has 0 atom stereocenters. The summed E-state index contributed by atoms with van der Waals surface area (Å²) in [5.74, 6) is 0.875. The van der Waals surface area contributed by atoms with E-state index in [-0.39, 0.29) is 0 Å². The molecule has 20 heavy (non-hydrogen) atoms. The number of ether oxygens (including phenoxy) is 1. The van der Waals surface area contributed by atoms with Crippen molar-refractivity contribution in [3.63, 3.8) is 0 Å². The summed E-state index contributed by atoms with van der Waals surface area (Å²) in [5.41, 5.74) is 0.226.